The zero-order valence-corrected chi connectivity index (χ0v) is 14.3. The molecule has 0 atom stereocenters. The van der Waals surface area contributed by atoms with Crippen LogP contribution in [0.3, 0.4) is 0 Å². The van der Waals surface area contributed by atoms with Gasteiger partial charge in [0.2, 0.25) is 0 Å². The molecule has 0 aliphatic carbocycles. The minimum atomic E-state index is 0.734. The number of rotatable bonds is 2. The van der Waals surface area contributed by atoms with Gasteiger partial charge in [0, 0.05) is 35.2 Å². The van der Waals surface area contributed by atoms with Gasteiger partial charge >= 0.3 is 0 Å². The summed E-state index contributed by atoms with van der Waals surface area (Å²) in [6.07, 6.45) is 3.59. The maximum Gasteiger partial charge on any atom is 0.158 e. The molecule has 23 heavy (non-hydrogen) atoms. The van der Waals surface area contributed by atoms with Gasteiger partial charge in [-0.25, -0.2) is 14.6 Å². The molecule has 0 N–H and O–H groups in total. The first-order chi connectivity index (χ1) is 11.2. The molecule has 1 aliphatic heterocycles. The minimum Gasteiger partial charge on any atom is -0.378 e. The predicted molar refractivity (Wildman–Crippen MR) is 92.1 cm³/mol. The van der Waals surface area contributed by atoms with Crippen molar-refractivity contribution in [2.24, 2.45) is 0 Å². The molecule has 6 nitrogen and oxygen atoms in total. The average molecular weight is 374 g/mol. The first kappa shape index (κ1) is 14.6. The zero-order chi connectivity index (χ0) is 15.8. The van der Waals surface area contributed by atoms with Crippen molar-refractivity contribution in [1.82, 2.24) is 19.7 Å². The van der Waals surface area contributed by atoms with E-state index in [-0.39, 0.29) is 0 Å². The SMILES string of the molecule is Cc1cc2cn(-c3cc(N4CCOCC4)ncn3)nc2cc1Br. The summed E-state index contributed by atoms with van der Waals surface area (Å²) in [6, 6.07) is 6.12. The van der Waals surface area contributed by atoms with Crippen molar-refractivity contribution in [3.05, 3.63) is 40.8 Å². The predicted octanol–water partition coefficient (Wildman–Crippen LogP) is 2.72. The van der Waals surface area contributed by atoms with E-state index in [1.807, 2.05) is 23.0 Å². The summed E-state index contributed by atoms with van der Waals surface area (Å²) >= 11 is 3.55. The summed E-state index contributed by atoms with van der Waals surface area (Å²) in [5.41, 5.74) is 2.13. The molecule has 7 heteroatoms. The van der Waals surface area contributed by atoms with Gasteiger partial charge in [0.1, 0.15) is 12.1 Å². The van der Waals surface area contributed by atoms with E-state index in [0.717, 1.165) is 53.3 Å². The highest BCUT2D eigenvalue weighted by Crippen LogP contribution is 2.24. The van der Waals surface area contributed by atoms with E-state index in [1.165, 1.54) is 5.56 Å². The van der Waals surface area contributed by atoms with Crippen molar-refractivity contribution in [2.45, 2.75) is 6.92 Å². The number of aromatic nitrogens is 4. The summed E-state index contributed by atoms with van der Waals surface area (Å²) in [4.78, 5) is 11.0. The number of hydrogen-bond acceptors (Lipinski definition) is 5. The number of ether oxygens (including phenoxy) is 1. The quantitative estimate of drug-likeness (QED) is 0.691. The van der Waals surface area contributed by atoms with E-state index >= 15 is 0 Å². The van der Waals surface area contributed by atoms with Crippen LogP contribution in [0.1, 0.15) is 5.56 Å². The van der Waals surface area contributed by atoms with Crippen LogP contribution in [0.2, 0.25) is 0 Å². The highest BCUT2D eigenvalue weighted by molar-refractivity contribution is 9.10. The Balaban J connectivity index is 1.72. The third-order valence-corrected chi connectivity index (χ3v) is 4.85. The van der Waals surface area contributed by atoms with Gasteiger partial charge in [-0.15, -0.1) is 0 Å². The molecular formula is C16H16BrN5O. The second-order valence-electron chi connectivity index (χ2n) is 5.57. The van der Waals surface area contributed by atoms with Gasteiger partial charge in [0.15, 0.2) is 5.82 Å². The molecule has 0 saturated carbocycles. The maximum absolute atomic E-state index is 5.39. The van der Waals surface area contributed by atoms with Crippen molar-refractivity contribution in [3.8, 4) is 5.82 Å². The van der Waals surface area contributed by atoms with Gasteiger partial charge in [-0.05, 0) is 24.6 Å². The number of benzene rings is 1. The highest BCUT2D eigenvalue weighted by atomic mass is 79.9. The smallest absolute Gasteiger partial charge is 0.158 e. The third kappa shape index (κ3) is 2.82. The van der Waals surface area contributed by atoms with Gasteiger partial charge in [-0.3, -0.25) is 0 Å². The number of halogens is 1. The number of fused-ring (bicyclic) bond motifs is 1. The second-order valence-corrected chi connectivity index (χ2v) is 6.42. The lowest BCUT2D eigenvalue weighted by Crippen LogP contribution is -2.36. The molecule has 0 amide bonds. The Bertz CT molecular complexity index is 818. The lowest BCUT2D eigenvalue weighted by molar-refractivity contribution is 0.122. The molecular weight excluding hydrogens is 358 g/mol. The van der Waals surface area contributed by atoms with Crippen LogP contribution in [0.25, 0.3) is 16.7 Å². The normalized spacial score (nSPS) is 15.3. The third-order valence-electron chi connectivity index (χ3n) is 3.99. The van der Waals surface area contributed by atoms with Gasteiger partial charge < -0.3 is 9.64 Å². The molecule has 3 heterocycles. The molecule has 0 spiro atoms. The lowest BCUT2D eigenvalue weighted by Gasteiger charge is -2.27. The van der Waals surface area contributed by atoms with E-state index in [1.54, 1.807) is 6.33 Å². The summed E-state index contributed by atoms with van der Waals surface area (Å²) in [6.45, 7) is 5.24. The summed E-state index contributed by atoms with van der Waals surface area (Å²) in [5.74, 6) is 1.68. The number of morpholine rings is 1. The maximum atomic E-state index is 5.39. The van der Waals surface area contributed by atoms with Gasteiger partial charge in [0.25, 0.3) is 0 Å². The molecule has 4 rings (SSSR count). The van der Waals surface area contributed by atoms with Crippen LogP contribution < -0.4 is 4.90 Å². The van der Waals surface area contributed by atoms with E-state index in [2.05, 4.69) is 48.9 Å². The second kappa shape index (κ2) is 5.90. The number of nitrogens with zero attached hydrogens (tertiary/aromatic N) is 5. The van der Waals surface area contributed by atoms with Crippen LogP contribution >= 0.6 is 15.9 Å². The van der Waals surface area contributed by atoms with Crippen LogP contribution in [-0.2, 0) is 4.74 Å². The van der Waals surface area contributed by atoms with E-state index < -0.39 is 0 Å². The van der Waals surface area contributed by atoms with Crippen LogP contribution in [0.4, 0.5) is 5.82 Å². The fourth-order valence-corrected chi connectivity index (χ4v) is 3.04. The first-order valence-corrected chi connectivity index (χ1v) is 8.31. The van der Waals surface area contributed by atoms with Crippen LogP contribution in [-0.4, -0.2) is 46.1 Å². The Morgan fingerprint density at radius 2 is 1.87 bits per heavy atom. The van der Waals surface area contributed by atoms with Crippen molar-refractivity contribution in [3.63, 3.8) is 0 Å². The monoisotopic (exact) mass is 373 g/mol. The minimum absolute atomic E-state index is 0.734. The number of anilines is 1. The van der Waals surface area contributed by atoms with E-state index in [0.29, 0.717) is 0 Å². The fraction of sp³-hybridized carbons (Fsp3) is 0.312. The molecule has 118 valence electrons. The Kier molecular flexibility index (Phi) is 3.74. The summed E-state index contributed by atoms with van der Waals surface area (Å²) < 4.78 is 8.26. The topological polar surface area (TPSA) is 56.1 Å². The van der Waals surface area contributed by atoms with Gasteiger partial charge in [-0.2, -0.15) is 5.10 Å². The zero-order valence-electron chi connectivity index (χ0n) is 12.7. The lowest BCUT2D eigenvalue weighted by atomic mass is 10.2. The van der Waals surface area contributed by atoms with E-state index in [4.69, 9.17) is 4.74 Å². The van der Waals surface area contributed by atoms with Crippen LogP contribution in [0.15, 0.2) is 35.2 Å². The van der Waals surface area contributed by atoms with Crippen molar-refractivity contribution >= 4 is 32.7 Å². The summed E-state index contributed by atoms with van der Waals surface area (Å²) in [7, 11) is 0. The number of aryl methyl sites for hydroxylation is 1. The molecule has 0 radical (unpaired) electrons. The van der Waals surface area contributed by atoms with Gasteiger partial charge in [0.05, 0.1) is 18.7 Å². The largest absolute Gasteiger partial charge is 0.378 e. The molecule has 3 aromatic rings. The summed E-state index contributed by atoms with van der Waals surface area (Å²) in [5, 5.41) is 5.72. The van der Waals surface area contributed by atoms with Gasteiger partial charge in [-0.1, -0.05) is 15.9 Å². The highest BCUT2D eigenvalue weighted by Gasteiger charge is 2.14. The Morgan fingerprint density at radius 1 is 1.09 bits per heavy atom. The fourth-order valence-electron chi connectivity index (χ4n) is 2.71. The standard InChI is InChI=1S/C16H16BrN5O/c1-11-6-12-9-22(20-14(12)7-13(11)17)16-8-15(18-10-19-16)21-2-4-23-5-3-21/h6-10H,2-5H2,1H3. The molecule has 0 bridgehead atoms. The molecule has 0 unspecified atom stereocenters. The van der Waals surface area contributed by atoms with Crippen LogP contribution in [0, 0.1) is 6.92 Å². The van der Waals surface area contributed by atoms with Crippen LogP contribution in [0.5, 0.6) is 0 Å². The molecule has 2 aromatic heterocycles. The molecule has 1 fully saturated rings. The Hall–Kier alpha value is -1.99. The van der Waals surface area contributed by atoms with Crippen molar-refractivity contribution < 1.29 is 4.74 Å². The Morgan fingerprint density at radius 3 is 2.70 bits per heavy atom. The molecule has 1 aliphatic rings. The number of hydrogen-bond donors (Lipinski definition) is 0. The van der Waals surface area contributed by atoms with Crippen molar-refractivity contribution in [2.75, 3.05) is 31.2 Å². The Labute approximate surface area is 142 Å². The van der Waals surface area contributed by atoms with E-state index in [9.17, 15) is 0 Å². The molecule has 1 aromatic carbocycles. The first-order valence-electron chi connectivity index (χ1n) is 7.51. The molecule has 1 saturated heterocycles. The average Bonchev–Trinajstić information content (AvgIpc) is 2.99. The van der Waals surface area contributed by atoms with Crippen molar-refractivity contribution in [1.29, 1.82) is 0 Å².